The maximum Gasteiger partial charge on any atom is 0.0779 e. The molecule has 0 amide bonds. The lowest BCUT2D eigenvalue weighted by atomic mass is 10.1. The van der Waals surface area contributed by atoms with Crippen LogP contribution in [0.3, 0.4) is 0 Å². The Bertz CT molecular complexity index is 463. The molecule has 0 radical (unpaired) electrons. The highest BCUT2D eigenvalue weighted by Crippen LogP contribution is 2.20. The standard InChI is InChI=1S/C11H13ClN4/c1-13-11(8-5-15-16(2)7-8)10-4-3-9(12)6-14-10/h3-7,11,13H,1-2H3. The first-order valence-corrected chi connectivity index (χ1v) is 5.36. The zero-order chi connectivity index (χ0) is 11.5. The van der Waals surface area contributed by atoms with Gasteiger partial charge in [0, 0.05) is 25.0 Å². The number of rotatable bonds is 3. The van der Waals surface area contributed by atoms with E-state index in [2.05, 4.69) is 15.4 Å². The molecule has 2 rings (SSSR count). The van der Waals surface area contributed by atoms with Crippen LogP contribution in [0.2, 0.25) is 5.02 Å². The highest BCUT2D eigenvalue weighted by molar-refractivity contribution is 6.30. The Morgan fingerprint density at radius 1 is 1.38 bits per heavy atom. The van der Waals surface area contributed by atoms with E-state index >= 15 is 0 Å². The molecule has 0 spiro atoms. The van der Waals surface area contributed by atoms with Crippen molar-refractivity contribution in [2.75, 3.05) is 7.05 Å². The molecular weight excluding hydrogens is 224 g/mol. The maximum atomic E-state index is 5.81. The number of aromatic nitrogens is 3. The minimum atomic E-state index is 0.0472. The van der Waals surface area contributed by atoms with Gasteiger partial charge in [-0.3, -0.25) is 9.67 Å². The average Bonchev–Trinajstić information content (AvgIpc) is 2.69. The lowest BCUT2D eigenvalue weighted by molar-refractivity contribution is 0.669. The van der Waals surface area contributed by atoms with Crippen molar-refractivity contribution >= 4 is 11.6 Å². The normalized spacial score (nSPS) is 12.7. The highest BCUT2D eigenvalue weighted by atomic mass is 35.5. The molecule has 1 N–H and O–H groups in total. The van der Waals surface area contributed by atoms with Crippen LogP contribution in [0.1, 0.15) is 17.3 Å². The van der Waals surface area contributed by atoms with Gasteiger partial charge in [-0.05, 0) is 19.2 Å². The van der Waals surface area contributed by atoms with Gasteiger partial charge >= 0.3 is 0 Å². The SMILES string of the molecule is CNC(c1cnn(C)c1)c1ccc(Cl)cn1. The molecule has 0 fully saturated rings. The summed E-state index contributed by atoms with van der Waals surface area (Å²) in [5.74, 6) is 0. The fourth-order valence-electron chi connectivity index (χ4n) is 1.63. The minimum absolute atomic E-state index is 0.0472. The van der Waals surface area contributed by atoms with Crippen LogP contribution >= 0.6 is 11.6 Å². The van der Waals surface area contributed by atoms with Crippen molar-refractivity contribution in [3.05, 3.63) is 47.0 Å². The molecule has 0 saturated carbocycles. The summed E-state index contributed by atoms with van der Waals surface area (Å²) < 4.78 is 1.77. The molecule has 2 aromatic heterocycles. The quantitative estimate of drug-likeness (QED) is 0.884. The van der Waals surface area contributed by atoms with Gasteiger partial charge in [-0.25, -0.2) is 0 Å². The van der Waals surface area contributed by atoms with Gasteiger partial charge in [0.05, 0.1) is 23.0 Å². The van der Waals surface area contributed by atoms with Crippen molar-refractivity contribution in [1.29, 1.82) is 0 Å². The summed E-state index contributed by atoms with van der Waals surface area (Å²) in [5.41, 5.74) is 2.01. The molecule has 5 heteroatoms. The van der Waals surface area contributed by atoms with E-state index in [4.69, 9.17) is 11.6 Å². The predicted molar refractivity (Wildman–Crippen MR) is 63.4 cm³/mol. The zero-order valence-corrected chi connectivity index (χ0v) is 9.94. The second-order valence-corrected chi connectivity index (χ2v) is 4.01. The van der Waals surface area contributed by atoms with E-state index in [0.717, 1.165) is 11.3 Å². The van der Waals surface area contributed by atoms with E-state index in [9.17, 15) is 0 Å². The Kier molecular flexibility index (Phi) is 3.22. The van der Waals surface area contributed by atoms with Crippen molar-refractivity contribution in [2.45, 2.75) is 6.04 Å². The van der Waals surface area contributed by atoms with E-state index in [0.29, 0.717) is 5.02 Å². The van der Waals surface area contributed by atoms with Crippen molar-refractivity contribution in [2.24, 2.45) is 7.05 Å². The third kappa shape index (κ3) is 2.23. The predicted octanol–water partition coefficient (Wildman–Crippen LogP) is 1.78. The van der Waals surface area contributed by atoms with Crippen LogP contribution in [0.25, 0.3) is 0 Å². The molecular formula is C11H13ClN4. The Balaban J connectivity index is 2.32. The van der Waals surface area contributed by atoms with Gasteiger partial charge < -0.3 is 5.32 Å². The van der Waals surface area contributed by atoms with E-state index in [1.165, 1.54) is 0 Å². The monoisotopic (exact) mass is 236 g/mol. The lowest BCUT2D eigenvalue weighted by Crippen LogP contribution is -2.18. The van der Waals surface area contributed by atoms with E-state index in [1.54, 1.807) is 10.9 Å². The van der Waals surface area contributed by atoms with Crippen LogP contribution < -0.4 is 5.32 Å². The van der Waals surface area contributed by atoms with Gasteiger partial charge in [0.15, 0.2) is 0 Å². The van der Waals surface area contributed by atoms with Gasteiger partial charge in [0.25, 0.3) is 0 Å². The van der Waals surface area contributed by atoms with Crippen LogP contribution in [0.4, 0.5) is 0 Å². The number of nitrogens with one attached hydrogen (secondary N) is 1. The fourth-order valence-corrected chi connectivity index (χ4v) is 1.74. The van der Waals surface area contributed by atoms with E-state index in [1.807, 2.05) is 38.6 Å². The number of aryl methyl sites for hydroxylation is 1. The average molecular weight is 237 g/mol. The number of halogens is 1. The Morgan fingerprint density at radius 2 is 2.19 bits per heavy atom. The van der Waals surface area contributed by atoms with Crippen LogP contribution in [0.15, 0.2) is 30.7 Å². The Hall–Kier alpha value is -1.39. The summed E-state index contributed by atoms with van der Waals surface area (Å²) in [6, 6.07) is 3.80. The molecule has 2 aromatic rings. The topological polar surface area (TPSA) is 42.7 Å². The molecule has 0 aliphatic rings. The minimum Gasteiger partial charge on any atom is -0.308 e. The second-order valence-electron chi connectivity index (χ2n) is 3.57. The number of hydrogen-bond donors (Lipinski definition) is 1. The van der Waals surface area contributed by atoms with Gasteiger partial charge in [0.1, 0.15) is 0 Å². The lowest BCUT2D eigenvalue weighted by Gasteiger charge is -2.13. The molecule has 0 aliphatic heterocycles. The van der Waals surface area contributed by atoms with Crippen molar-refractivity contribution in [3.63, 3.8) is 0 Å². The van der Waals surface area contributed by atoms with Gasteiger partial charge in [-0.1, -0.05) is 11.6 Å². The molecule has 1 unspecified atom stereocenters. The van der Waals surface area contributed by atoms with Crippen LogP contribution in [0.5, 0.6) is 0 Å². The van der Waals surface area contributed by atoms with Gasteiger partial charge in [-0.2, -0.15) is 5.10 Å². The maximum absolute atomic E-state index is 5.81. The largest absolute Gasteiger partial charge is 0.308 e. The summed E-state index contributed by atoms with van der Waals surface area (Å²) in [6.07, 6.45) is 5.45. The molecule has 16 heavy (non-hydrogen) atoms. The Morgan fingerprint density at radius 3 is 2.69 bits per heavy atom. The highest BCUT2D eigenvalue weighted by Gasteiger charge is 2.14. The first kappa shape index (κ1) is 11.1. The first-order valence-electron chi connectivity index (χ1n) is 4.98. The summed E-state index contributed by atoms with van der Waals surface area (Å²) >= 11 is 5.81. The summed E-state index contributed by atoms with van der Waals surface area (Å²) in [5, 5.41) is 8.00. The molecule has 0 aromatic carbocycles. The molecule has 1 atom stereocenters. The number of hydrogen-bond acceptors (Lipinski definition) is 3. The number of nitrogens with zero attached hydrogens (tertiary/aromatic N) is 3. The van der Waals surface area contributed by atoms with Crippen LogP contribution in [-0.4, -0.2) is 21.8 Å². The Labute approximate surface area is 99.3 Å². The van der Waals surface area contributed by atoms with E-state index < -0.39 is 0 Å². The fraction of sp³-hybridized carbons (Fsp3) is 0.273. The molecule has 0 bridgehead atoms. The molecule has 2 heterocycles. The summed E-state index contributed by atoms with van der Waals surface area (Å²) in [4.78, 5) is 4.30. The smallest absolute Gasteiger partial charge is 0.0779 e. The summed E-state index contributed by atoms with van der Waals surface area (Å²) in [7, 11) is 3.79. The van der Waals surface area contributed by atoms with E-state index in [-0.39, 0.29) is 6.04 Å². The first-order chi connectivity index (χ1) is 7.70. The molecule has 84 valence electrons. The molecule has 0 saturated heterocycles. The molecule has 4 nitrogen and oxygen atoms in total. The molecule has 0 aliphatic carbocycles. The zero-order valence-electron chi connectivity index (χ0n) is 9.18. The van der Waals surface area contributed by atoms with Gasteiger partial charge in [-0.15, -0.1) is 0 Å². The second kappa shape index (κ2) is 4.63. The van der Waals surface area contributed by atoms with Crippen molar-refractivity contribution in [3.8, 4) is 0 Å². The van der Waals surface area contributed by atoms with Crippen LogP contribution in [-0.2, 0) is 7.05 Å². The van der Waals surface area contributed by atoms with Crippen LogP contribution in [0, 0.1) is 0 Å². The number of pyridine rings is 1. The third-order valence-corrected chi connectivity index (χ3v) is 2.62. The van der Waals surface area contributed by atoms with Gasteiger partial charge in [0.2, 0.25) is 0 Å². The third-order valence-electron chi connectivity index (χ3n) is 2.39. The van der Waals surface area contributed by atoms with Crippen molar-refractivity contribution < 1.29 is 0 Å². The summed E-state index contributed by atoms with van der Waals surface area (Å²) in [6.45, 7) is 0. The van der Waals surface area contributed by atoms with Crippen molar-refractivity contribution in [1.82, 2.24) is 20.1 Å².